The molecule has 0 spiro atoms. The summed E-state index contributed by atoms with van der Waals surface area (Å²) in [7, 11) is 0. The van der Waals surface area contributed by atoms with Crippen LogP contribution in [0.5, 0.6) is 17.2 Å². The Morgan fingerprint density at radius 1 is 0.533 bits per heavy atom. The van der Waals surface area contributed by atoms with Gasteiger partial charge in [0.05, 0.1) is 36.5 Å². The molecular formula is C9H12O6. The maximum Gasteiger partial charge on any atom is 0.134 e. The van der Waals surface area contributed by atoms with E-state index < -0.39 is 37.1 Å². The Balaban J connectivity index is 3.57. The smallest absolute Gasteiger partial charge is 0.134 e. The highest BCUT2D eigenvalue weighted by Gasteiger charge is 2.21. The molecule has 15 heavy (non-hydrogen) atoms. The van der Waals surface area contributed by atoms with E-state index in [4.69, 9.17) is 15.3 Å². The number of phenols is 3. The van der Waals surface area contributed by atoms with Crippen LogP contribution in [0.15, 0.2) is 0 Å². The van der Waals surface area contributed by atoms with Crippen molar-refractivity contribution in [3.05, 3.63) is 16.7 Å². The number of aliphatic hydroxyl groups excluding tert-OH is 3. The van der Waals surface area contributed by atoms with E-state index in [-0.39, 0.29) is 16.7 Å². The quantitative estimate of drug-likeness (QED) is 0.396. The van der Waals surface area contributed by atoms with E-state index in [1.165, 1.54) is 0 Å². The zero-order valence-corrected chi connectivity index (χ0v) is 7.80. The fourth-order valence-corrected chi connectivity index (χ4v) is 1.33. The molecule has 1 aromatic rings. The topological polar surface area (TPSA) is 121 Å². The summed E-state index contributed by atoms with van der Waals surface area (Å²) >= 11 is 0. The molecule has 0 radical (unpaired) electrons. The largest absolute Gasteiger partial charge is 0.507 e. The number of hydrogen-bond donors (Lipinski definition) is 6. The van der Waals surface area contributed by atoms with E-state index in [2.05, 4.69) is 0 Å². The SMILES string of the molecule is OCc1c(O)c(CO)c(O)c(CO)c1O. The molecule has 0 amide bonds. The van der Waals surface area contributed by atoms with Gasteiger partial charge in [-0.3, -0.25) is 0 Å². The zero-order valence-electron chi connectivity index (χ0n) is 7.80. The van der Waals surface area contributed by atoms with Crippen molar-refractivity contribution in [3.8, 4) is 17.2 Å². The van der Waals surface area contributed by atoms with Gasteiger partial charge in [-0.05, 0) is 0 Å². The first-order valence-corrected chi connectivity index (χ1v) is 4.18. The Hall–Kier alpha value is -1.50. The lowest BCUT2D eigenvalue weighted by Crippen LogP contribution is -1.98. The molecule has 6 nitrogen and oxygen atoms in total. The average molecular weight is 216 g/mol. The number of aliphatic hydroxyl groups is 3. The van der Waals surface area contributed by atoms with Gasteiger partial charge in [-0.25, -0.2) is 0 Å². The Morgan fingerprint density at radius 2 is 0.733 bits per heavy atom. The summed E-state index contributed by atoms with van der Waals surface area (Å²) in [5.41, 5.74) is -0.706. The van der Waals surface area contributed by atoms with Gasteiger partial charge in [0.2, 0.25) is 0 Å². The van der Waals surface area contributed by atoms with Crippen LogP contribution in [0, 0.1) is 0 Å². The summed E-state index contributed by atoms with van der Waals surface area (Å²) in [4.78, 5) is 0. The van der Waals surface area contributed by atoms with Gasteiger partial charge in [-0.2, -0.15) is 0 Å². The van der Waals surface area contributed by atoms with Crippen LogP contribution in [0.1, 0.15) is 16.7 Å². The Kier molecular flexibility index (Phi) is 3.35. The van der Waals surface area contributed by atoms with E-state index in [0.717, 1.165) is 0 Å². The first-order valence-electron chi connectivity index (χ1n) is 4.18. The molecule has 6 N–H and O–H groups in total. The maximum atomic E-state index is 9.45. The number of rotatable bonds is 3. The van der Waals surface area contributed by atoms with Gasteiger partial charge in [-0.1, -0.05) is 0 Å². The predicted octanol–water partition coefficient (Wildman–Crippen LogP) is -0.720. The third-order valence-corrected chi connectivity index (χ3v) is 2.19. The third-order valence-electron chi connectivity index (χ3n) is 2.19. The van der Waals surface area contributed by atoms with Crippen molar-refractivity contribution in [3.63, 3.8) is 0 Å². The molecule has 0 aliphatic carbocycles. The minimum Gasteiger partial charge on any atom is -0.507 e. The number of hydrogen-bond acceptors (Lipinski definition) is 6. The second-order valence-corrected chi connectivity index (χ2v) is 2.96. The molecule has 1 aromatic carbocycles. The highest BCUT2D eigenvalue weighted by molar-refractivity contribution is 5.60. The first-order chi connectivity index (χ1) is 7.08. The monoisotopic (exact) mass is 216 g/mol. The number of benzene rings is 1. The maximum absolute atomic E-state index is 9.45. The van der Waals surface area contributed by atoms with Crippen molar-refractivity contribution in [2.45, 2.75) is 19.8 Å². The lowest BCUT2D eigenvalue weighted by molar-refractivity contribution is 0.242. The van der Waals surface area contributed by atoms with Crippen LogP contribution in [0.2, 0.25) is 0 Å². The Morgan fingerprint density at radius 3 is 0.867 bits per heavy atom. The van der Waals surface area contributed by atoms with E-state index in [1.807, 2.05) is 0 Å². The summed E-state index contributed by atoms with van der Waals surface area (Å²) in [6.45, 7) is -2.01. The summed E-state index contributed by atoms with van der Waals surface area (Å²) in [6, 6.07) is 0. The van der Waals surface area contributed by atoms with Gasteiger partial charge < -0.3 is 30.6 Å². The van der Waals surface area contributed by atoms with E-state index >= 15 is 0 Å². The van der Waals surface area contributed by atoms with Gasteiger partial charge in [0.15, 0.2) is 0 Å². The van der Waals surface area contributed by atoms with Crippen molar-refractivity contribution in [2.75, 3.05) is 0 Å². The van der Waals surface area contributed by atoms with Crippen LogP contribution in [0.4, 0.5) is 0 Å². The van der Waals surface area contributed by atoms with E-state index in [0.29, 0.717) is 0 Å². The number of aromatic hydroxyl groups is 3. The molecule has 0 saturated heterocycles. The highest BCUT2D eigenvalue weighted by Crippen LogP contribution is 2.41. The molecule has 0 aliphatic rings. The molecule has 0 fully saturated rings. The minimum absolute atomic E-state index is 0.235. The lowest BCUT2D eigenvalue weighted by Gasteiger charge is -2.14. The molecule has 1 rings (SSSR count). The molecule has 0 saturated carbocycles. The van der Waals surface area contributed by atoms with Gasteiger partial charge in [0.1, 0.15) is 17.2 Å². The first kappa shape index (κ1) is 11.6. The van der Waals surface area contributed by atoms with Gasteiger partial charge in [-0.15, -0.1) is 0 Å². The van der Waals surface area contributed by atoms with Crippen LogP contribution >= 0.6 is 0 Å². The molecule has 0 heterocycles. The van der Waals surface area contributed by atoms with Crippen molar-refractivity contribution < 1.29 is 30.6 Å². The van der Waals surface area contributed by atoms with E-state index in [9.17, 15) is 15.3 Å². The second-order valence-electron chi connectivity index (χ2n) is 2.96. The van der Waals surface area contributed by atoms with Gasteiger partial charge in [0, 0.05) is 0 Å². The van der Waals surface area contributed by atoms with Crippen molar-refractivity contribution >= 4 is 0 Å². The zero-order chi connectivity index (χ0) is 11.6. The van der Waals surface area contributed by atoms with Gasteiger partial charge in [0.25, 0.3) is 0 Å². The lowest BCUT2D eigenvalue weighted by atomic mass is 10.0. The van der Waals surface area contributed by atoms with Crippen molar-refractivity contribution in [1.82, 2.24) is 0 Å². The predicted molar refractivity (Wildman–Crippen MR) is 49.2 cm³/mol. The second kappa shape index (κ2) is 4.35. The van der Waals surface area contributed by atoms with Crippen molar-refractivity contribution in [1.29, 1.82) is 0 Å². The molecule has 0 bridgehead atoms. The Bertz CT molecular complexity index is 295. The fraction of sp³-hybridized carbons (Fsp3) is 0.333. The van der Waals surface area contributed by atoms with Crippen LogP contribution in [0.25, 0.3) is 0 Å². The molecule has 84 valence electrons. The van der Waals surface area contributed by atoms with Crippen LogP contribution in [-0.4, -0.2) is 30.6 Å². The highest BCUT2D eigenvalue weighted by atomic mass is 16.3. The molecule has 0 atom stereocenters. The summed E-state index contributed by atoms with van der Waals surface area (Å²) in [5.74, 6) is -1.73. The van der Waals surface area contributed by atoms with E-state index in [1.54, 1.807) is 0 Å². The van der Waals surface area contributed by atoms with Crippen molar-refractivity contribution in [2.24, 2.45) is 0 Å². The average Bonchev–Trinajstić information content (AvgIpc) is 2.19. The molecule has 0 aliphatic heterocycles. The standard InChI is InChI=1S/C9H12O6/c10-1-4-7(13)5(2-11)9(15)6(3-12)8(4)14/h10-15H,1-3H2. The van der Waals surface area contributed by atoms with Gasteiger partial charge >= 0.3 is 0 Å². The summed E-state index contributed by atoms with van der Waals surface area (Å²) < 4.78 is 0. The van der Waals surface area contributed by atoms with Crippen LogP contribution in [-0.2, 0) is 19.8 Å². The van der Waals surface area contributed by atoms with Crippen LogP contribution < -0.4 is 0 Å². The normalized spacial score (nSPS) is 10.6. The molecule has 0 aromatic heterocycles. The molecule has 6 heteroatoms. The third kappa shape index (κ3) is 1.70. The van der Waals surface area contributed by atoms with Crippen LogP contribution in [0.3, 0.4) is 0 Å². The molecule has 0 unspecified atom stereocenters. The molecular weight excluding hydrogens is 204 g/mol. The summed E-state index contributed by atoms with van der Waals surface area (Å²) in [6.07, 6.45) is 0. The summed E-state index contributed by atoms with van der Waals surface area (Å²) in [5, 5.41) is 54.9. The minimum atomic E-state index is -0.669. The fourth-order valence-electron chi connectivity index (χ4n) is 1.33. The Labute approximate surface area is 85.3 Å².